The lowest BCUT2D eigenvalue weighted by Crippen LogP contribution is -2.30. The number of carbonyl (C=O) groups is 1. The standard InChI is InChI=1S/C21H23FN4O2/c1-14-15(2)26(17-7-5-6-16(22)12-17)20-19(14)21(28)25(13-23-20)11-8-18(27)24-9-3-4-10-24/h5-7,12-13H,3-4,8-11H2,1-2H3. The van der Waals surface area contributed by atoms with Gasteiger partial charge in [-0.2, -0.15) is 0 Å². The maximum absolute atomic E-state index is 13.7. The molecular formula is C21H23FN4O2. The third kappa shape index (κ3) is 3.10. The molecule has 2 aromatic heterocycles. The smallest absolute Gasteiger partial charge is 0.263 e. The Morgan fingerprint density at radius 1 is 1.21 bits per heavy atom. The first-order valence-electron chi connectivity index (χ1n) is 9.58. The molecule has 1 aliphatic heterocycles. The van der Waals surface area contributed by atoms with Crippen LogP contribution >= 0.6 is 0 Å². The Morgan fingerprint density at radius 2 is 1.96 bits per heavy atom. The van der Waals surface area contributed by atoms with Gasteiger partial charge in [0.1, 0.15) is 5.82 Å². The fraction of sp³-hybridized carbons (Fsp3) is 0.381. The summed E-state index contributed by atoms with van der Waals surface area (Å²) in [4.78, 5) is 31.7. The van der Waals surface area contributed by atoms with Crippen molar-refractivity contribution < 1.29 is 9.18 Å². The minimum atomic E-state index is -0.342. The van der Waals surface area contributed by atoms with Crippen LogP contribution in [0, 0.1) is 19.7 Å². The van der Waals surface area contributed by atoms with Crippen molar-refractivity contribution in [1.82, 2.24) is 19.0 Å². The number of aryl methyl sites for hydroxylation is 2. The number of rotatable bonds is 4. The van der Waals surface area contributed by atoms with Gasteiger partial charge in [-0.15, -0.1) is 0 Å². The lowest BCUT2D eigenvalue weighted by atomic mass is 10.2. The maximum atomic E-state index is 13.7. The maximum Gasteiger partial charge on any atom is 0.263 e. The summed E-state index contributed by atoms with van der Waals surface area (Å²) in [6.07, 6.45) is 3.86. The number of nitrogens with zero attached hydrogens (tertiary/aromatic N) is 4. The number of aromatic nitrogens is 3. The number of hydrogen-bond donors (Lipinski definition) is 0. The van der Waals surface area contributed by atoms with E-state index in [1.54, 1.807) is 16.7 Å². The van der Waals surface area contributed by atoms with Crippen LogP contribution in [0.1, 0.15) is 30.5 Å². The highest BCUT2D eigenvalue weighted by Gasteiger charge is 2.20. The van der Waals surface area contributed by atoms with E-state index in [4.69, 9.17) is 0 Å². The Labute approximate surface area is 162 Å². The molecule has 3 heterocycles. The molecule has 3 aromatic rings. The first-order chi connectivity index (χ1) is 13.5. The number of benzene rings is 1. The van der Waals surface area contributed by atoms with E-state index in [0.717, 1.165) is 37.2 Å². The summed E-state index contributed by atoms with van der Waals surface area (Å²) in [7, 11) is 0. The molecule has 0 N–H and O–H groups in total. The third-order valence-corrected chi connectivity index (χ3v) is 5.57. The van der Waals surface area contributed by atoms with Crippen molar-refractivity contribution >= 4 is 16.9 Å². The van der Waals surface area contributed by atoms with Gasteiger partial charge in [0.05, 0.1) is 17.4 Å². The van der Waals surface area contributed by atoms with Gasteiger partial charge in [0, 0.05) is 31.7 Å². The van der Waals surface area contributed by atoms with Crippen LogP contribution in [-0.4, -0.2) is 38.0 Å². The number of amides is 1. The van der Waals surface area contributed by atoms with E-state index in [9.17, 15) is 14.0 Å². The van der Waals surface area contributed by atoms with E-state index in [0.29, 0.717) is 23.3 Å². The van der Waals surface area contributed by atoms with E-state index in [-0.39, 0.29) is 23.7 Å². The number of carbonyl (C=O) groups excluding carboxylic acids is 1. The van der Waals surface area contributed by atoms with Crippen molar-refractivity contribution in [1.29, 1.82) is 0 Å². The molecule has 146 valence electrons. The van der Waals surface area contributed by atoms with Crippen LogP contribution in [0.4, 0.5) is 4.39 Å². The monoisotopic (exact) mass is 382 g/mol. The Morgan fingerprint density at radius 3 is 2.68 bits per heavy atom. The molecule has 7 heteroatoms. The molecule has 1 aromatic carbocycles. The zero-order valence-corrected chi connectivity index (χ0v) is 16.1. The molecule has 0 aliphatic carbocycles. The summed E-state index contributed by atoms with van der Waals surface area (Å²) in [5.41, 5.74) is 2.63. The zero-order valence-electron chi connectivity index (χ0n) is 16.1. The molecule has 0 unspecified atom stereocenters. The van der Waals surface area contributed by atoms with Crippen LogP contribution < -0.4 is 5.56 Å². The summed E-state index contributed by atoms with van der Waals surface area (Å²) in [6.45, 7) is 5.68. The van der Waals surface area contributed by atoms with Crippen molar-refractivity contribution in [2.24, 2.45) is 0 Å². The van der Waals surface area contributed by atoms with Crippen LogP contribution in [-0.2, 0) is 11.3 Å². The van der Waals surface area contributed by atoms with Crippen molar-refractivity contribution in [2.75, 3.05) is 13.1 Å². The second-order valence-electron chi connectivity index (χ2n) is 7.31. The molecule has 1 amide bonds. The molecule has 0 atom stereocenters. The van der Waals surface area contributed by atoms with Crippen LogP contribution in [0.3, 0.4) is 0 Å². The number of likely N-dealkylation sites (tertiary alicyclic amines) is 1. The Balaban J connectivity index is 1.71. The molecule has 4 rings (SSSR count). The molecule has 28 heavy (non-hydrogen) atoms. The molecule has 6 nitrogen and oxygen atoms in total. The lowest BCUT2D eigenvalue weighted by molar-refractivity contribution is -0.130. The van der Waals surface area contributed by atoms with Gasteiger partial charge in [-0.3, -0.25) is 18.7 Å². The molecule has 1 fully saturated rings. The molecule has 0 saturated carbocycles. The average Bonchev–Trinajstić information content (AvgIpc) is 3.29. The van der Waals surface area contributed by atoms with Gasteiger partial charge in [-0.05, 0) is 50.5 Å². The van der Waals surface area contributed by atoms with Crippen molar-refractivity contribution in [2.45, 2.75) is 39.7 Å². The Kier molecular flexibility index (Phi) is 4.75. The highest BCUT2D eigenvalue weighted by Crippen LogP contribution is 2.25. The van der Waals surface area contributed by atoms with E-state index in [1.807, 2.05) is 18.7 Å². The van der Waals surface area contributed by atoms with Crippen LogP contribution in [0.15, 0.2) is 35.4 Å². The highest BCUT2D eigenvalue weighted by molar-refractivity contribution is 5.83. The summed E-state index contributed by atoms with van der Waals surface area (Å²) >= 11 is 0. The fourth-order valence-electron chi connectivity index (χ4n) is 3.92. The summed E-state index contributed by atoms with van der Waals surface area (Å²) < 4.78 is 17.0. The number of hydrogen-bond acceptors (Lipinski definition) is 3. The first kappa shape index (κ1) is 18.4. The minimum absolute atomic E-state index is 0.0785. The van der Waals surface area contributed by atoms with Gasteiger partial charge in [-0.25, -0.2) is 9.37 Å². The van der Waals surface area contributed by atoms with E-state index >= 15 is 0 Å². The molecule has 1 aliphatic rings. The highest BCUT2D eigenvalue weighted by atomic mass is 19.1. The van der Waals surface area contributed by atoms with Crippen molar-refractivity contribution in [3.63, 3.8) is 0 Å². The molecular weight excluding hydrogens is 359 g/mol. The van der Waals surface area contributed by atoms with Crippen LogP contribution in [0.5, 0.6) is 0 Å². The van der Waals surface area contributed by atoms with E-state index in [2.05, 4.69) is 4.98 Å². The molecule has 0 bridgehead atoms. The first-order valence-corrected chi connectivity index (χ1v) is 9.58. The second-order valence-corrected chi connectivity index (χ2v) is 7.31. The summed E-state index contributed by atoms with van der Waals surface area (Å²) in [6, 6.07) is 6.23. The van der Waals surface area contributed by atoms with Gasteiger partial charge in [0.25, 0.3) is 5.56 Å². The molecule has 0 spiro atoms. The molecule has 1 saturated heterocycles. The Hall–Kier alpha value is -2.96. The second kappa shape index (κ2) is 7.22. The predicted molar refractivity (Wildman–Crippen MR) is 105 cm³/mol. The van der Waals surface area contributed by atoms with Gasteiger partial charge in [0.2, 0.25) is 5.91 Å². The van der Waals surface area contributed by atoms with Gasteiger partial charge in [0.15, 0.2) is 5.65 Å². The van der Waals surface area contributed by atoms with E-state index in [1.165, 1.54) is 23.0 Å². The van der Waals surface area contributed by atoms with Crippen molar-refractivity contribution in [3.05, 3.63) is 58.0 Å². The topological polar surface area (TPSA) is 60.1 Å². The van der Waals surface area contributed by atoms with Crippen molar-refractivity contribution in [3.8, 4) is 5.69 Å². The molecule has 0 radical (unpaired) electrons. The normalized spacial score (nSPS) is 14.2. The average molecular weight is 382 g/mol. The summed E-state index contributed by atoms with van der Waals surface area (Å²) in [5, 5.41) is 0.512. The van der Waals surface area contributed by atoms with Crippen LogP contribution in [0.2, 0.25) is 0 Å². The number of halogens is 1. The van der Waals surface area contributed by atoms with E-state index < -0.39 is 0 Å². The minimum Gasteiger partial charge on any atom is -0.343 e. The van der Waals surface area contributed by atoms with Gasteiger partial charge in [-0.1, -0.05) is 6.07 Å². The zero-order chi connectivity index (χ0) is 19.8. The predicted octanol–water partition coefficient (Wildman–Crippen LogP) is 2.96. The lowest BCUT2D eigenvalue weighted by Gasteiger charge is -2.15. The number of fused-ring (bicyclic) bond motifs is 1. The Bertz CT molecular complexity index is 1110. The third-order valence-electron chi connectivity index (χ3n) is 5.57. The van der Waals surface area contributed by atoms with Crippen LogP contribution in [0.25, 0.3) is 16.7 Å². The van der Waals surface area contributed by atoms with Gasteiger partial charge < -0.3 is 4.90 Å². The SMILES string of the molecule is Cc1c(C)n(-c2cccc(F)c2)c2ncn(CCC(=O)N3CCCC3)c(=O)c12. The van der Waals surface area contributed by atoms with Gasteiger partial charge >= 0.3 is 0 Å². The quantitative estimate of drug-likeness (QED) is 0.697. The fourth-order valence-corrected chi connectivity index (χ4v) is 3.92. The largest absolute Gasteiger partial charge is 0.343 e. The summed E-state index contributed by atoms with van der Waals surface area (Å²) in [5.74, 6) is -0.264.